The molecule has 0 atom stereocenters. The minimum atomic E-state index is -1.10. The van der Waals surface area contributed by atoms with Crippen LogP contribution in [0.5, 0.6) is 0 Å². The molecule has 0 radical (unpaired) electrons. The second-order valence-corrected chi connectivity index (χ2v) is 6.71. The smallest absolute Gasteiger partial charge is 0.339 e. The Kier molecular flexibility index (Phi) is 5.51. The van der Waals surface area contributed by atoms with Crippen molar-refractivity contribution in [2.45, 2.75) is 0 Å². The SMILES string of the molecule is O=C(C=Cc1ccccc1)Nc1csc(-c2ccc(Cl)cc2)c1C(=O)O. The number of nitrogens with one attached hydrogen (secondary N) is 1. The highest BCUT2D eigenvalue weighted by Gasteiger charge is 2.20. The molecule has 2 N–H and O–H groups in total. The number of thiophene rings is 1. The summed E-state index contributed by atoms with van der Waals surface area (Å²) < 4.78 is 0. The first-order valence-corrected chi connectivity index (χ1v) is 8.95. The molecule has 3 rings (SSSR count). The highest BCUT2D eigenvalue weighted by atomic mass is 35.5. The monoisotopic (exact) mass is 383 g/mol. The van der Waals surface area contributed by atoms with Gasteiger partial charge in [-0.15, -0.1) is 11.3 Å². The molecule has 0 saturated heterocycles. The summed E-state index contributed by atoms with van der Waals surface area (Å²) in [6.07, 6.45) is 3.04. The van der Waals surface area contributed by atoms with E-state index in [1.807, 2.05) is 30.3 Å². The number of carbonyl (C=O) groups is 2. The maximum Gasteiger partial charge on any atom is 0.339 e. The van der Waals surface area contributed by atoms with Crippen LogP contribution in [-0.4, -0.2) is 17.0 Å². The van der Waals surface area contributed by atoms with Crippen molar-refractivity contribution in [3.05, 3.63) is 82.2 Å². The number of rotatable bonds is 5. The number of carboxylic acids is 1. The van der Waals surface area contributed by atoms with Crippen molar-refractivity contribution < 1.29 is 14.7 Å². The van der Waals surface area contributed by atoms with E-state index < -0.39 is 11.9 Å². The van der Waals surface area contributed by atoms with Crippen LogP contribution in [0.15, 0.2) is 66.1 Å². The van der Waals surface area contributed by atoms with Crippen LogP contribution in [0.3, 0.4) is 0 Å². The molecular weight excluding hydrogens is 370 g/mol. The summed E-state index contributed by atoms with van der Waals surface area (Å²) >= 11 is 7.14. The lowest BCUT2D eigenvalue weighted by Crippen LogP contribution is -2.10. The minimum absolute atomic E-state index is 0.0683. The number of halogens is 1. The highest BCUT2D eigenvalue weighted by Crippen LogP contribution is 2.36. The maximum atomic E-state index is 12.1. The third-order valence-electron chi connectivity index (χ3n) is 3.60. The van der Waals surface area contributed by atoms with E-state index in [-0.39, 0.29) is 11.3 Å². The van der Waals surface area contributed by atoms with Crippen LogP contribution < -0.4 is 5.32 Å². The summed E-state index contributed by atoms with van der Waals surface area (Å²) in [5.41, 5.74) is 1.96. The first-order chi connectivity index (χ1) is 12.5. The van der Waals surface area contributed by atoms with Gasteiger partial charge in [0.2, 0.25) is 5.91 Å². The highest BCUT2D eigenvalue weighted by molar-refractivity contribution is 7.14. The molecule has 0 aliphatic heterocycles. The minimum Gasteiger partial charge on any atom is -0.478 e. The van der Waals surface area contributed by atoms with Crippen LogP contribution in [-0.2, 0) is 4.79 Å². The lowest BCUT2D eigenvalue weighted by Gasteiger charge is -2.04. The average molecular weight is 384 g/mol. The van der Waals surface area contributed by atoms with Crippen molar-refractivity contribution in [2.24, 2.45) is 0 Å². The van der Waals surface area contributed by atoms with Crippen LogP contribution in [0, 0.1) is 0 Å². The molecule has 6 heteroatoms. The molecule has 1 heterocycles. The van der Waals surface area contributed by atoms with E-state index in [2.05, 4.69) is 5.32 Å². The number of carbonyl (C=O) groups excluding carboxylic acids is 1. The molecule has 1 amide bonds. The Morgan fingerprint density at radius 1 is 1.04 bits per heavy atom. The number of hydrogen-bond donors (Lipinski definition) is 2. The normalized spacial score (nSPS) is 10.8. The van der Waals surface area contributed by atoms with Gasteiger partial charge in [0.15, 0.2) is 0 Å². The molecule has 1 aromatic heterocycles. The zero-order chi connectivity index (χ0) is 18.5. The molecular formula is C20H14ClNO3S. The molecule has 0 fully saturated rings. The Hall–Kier alpha value is -2.89. The summed E-state index contributed by atoms with van der Waals surface area (Å²) in [6.45, 7) is 0. The summed E-state index contributed by atoms with van der Waals surface area (Å²) in [5, 5.41) is 14.4. The van der Waals surface area contributed by atoms with E-state index in [9.17, 15) is 14.7 Å². The standard InChI is InChI=1S/C20H14ClNO3S/c21-15-9-7-14(8-10-15)19-18(20(24)25)16(12-26-19)22-17(23)11-6-13-4-2-1-3-5-13/h1-12H,(H,22,23)(H,24,25). The lowest BCUT2D eigenvalue weighted by atomic mass is 10.1. The quantitative estimate of drug-likeness (QED) is 0.578. The molecule has 0 aliphatic rings. The van der Waals surface area contributed by atoms with Crippen LogP contribution >= 0.6 is 22.9 Å². The average Bonchev–Trinajstić information content (AvgIpc) is 3.05. The van der Waals surface area contributed by atoms with Crippen molar-refractivity contribution >= 4 is 46.6 Å². The molecule has 4 nitrogen and oxygen atoms in total. The zero-order valence-corrected chi connectivity index (χ0v) is 15.1. The van der Waals surface area contributed by atoms with Gasteiger partial charge < -0.3 is 10.4 Å². The number of anilines is 1. The maximum absolute atomic E-state index is 12.1. The predicted molar refractivity (Wildman–Crippen MR) is 106 cm³/mol. The number of hydrogen-bond acceptors (Lipinski definition) is 3. The molecule has 130 valence electrons. The summed E-state index contributed by atoms with van der Waals surface area (Å²) in [7, 11) is 0. The molecule has 0 saturated carbocycles. The van der Waals surface area contributed by atoms with Crippen LogP contribution in [0.4, 0.5) is 5.69 Å². The number of aromatic carboxylic acids is 1. The van der Waals surface area contributed by atoms with Crippen molar-refractivity contribution in [2.75, 3.05) is 5.32 Å². The van der Waals surface area contributed by atoms with Crippen molar-refractivity contribution in [3.63, 3.8) is 0 Å². The topological polar surface area (TPSA) is 66.4 Å². The molecule has 0 spiro atoms. The fraction of sp³-hybridized carbons (Fsp3) is 0. The molecule has 0 bridgehead atoms. The van der Waals surface area contributed by atoms with E-state index in [0.717, 1.165) is 11.1 Å². The Balaban J connectivity index is 1.84. The van der Waals surface area contributed by atoms with Gasteiger partial charge in [-0.05, 0) is 29.3 Å². The van der Waals surface area contributed by atoms with Crippen molar-refractivity contribution in [1.82, 2.24) is 0 Å². The van der Waals surface area contributed by atoms with E-state index >= 15 is 0 Å². The van der Waals surface area contributed by atoms with Crippen LogP contribution in [0.1, 0.15) is 15.9 Å². The number of amides is 1. The molecule has 0 unspecified atom stereocenters. The molecule has 26 heavy (non-hydrogen) atoms. The van der Waals surface area contributed by atoms with Gasteiger partial charge in [-0.1, -0.05) is 54.1 Å². The fourth-order valence-corrected chi connectivity index (χ4v) is 3.51. The van der Waals surface area contributed by atoms with Gasteiger partial charge in [0.05, 0.1) is 10.6 Å². The van der Waals surface area contributed by atoms with Crippen molar-refractivity contribution in [1.29, 1.82) is 0 Å². The van der Waals surface area contributed by atoms with E-state index in [0.29, 0.717) is 9.90 Å². The van der Waals surface area contributed by atoms with Gasteiger partial charge in [0.1, 0.15) is 5.56 Å². The van der Waals surface area contributed by atoms with Gasteiger partial charge in [0.25, 0.3) is 0 Å². The molecule has 3 aromatic rings. The van der Waals surface area contributed by atoms with Gasteiger partial charge >= 0.3 is 5.97 Å². The van der Waals surface area contributed by atoms with Crippen molar-refractivity contribution in [3.8, 4) is 10.4 Å². The van der Waals surface area contributed by atoms with Crippen LogP contribution in [0.25, 0.3) is 16.5 Å². The second-order valence-electron chi connectivity index (χ2n) is 5.40. The summed E-state index contributed by atoms with van der Waals surface area (Å²) in [6, 6.07) is 16.3. The Morgan fingerprint density at radius 3 is 2.38 bits per heavy atom. The molecule has 0 aliphatic carbocycles. The van der Waals surface area contributed by atoms with E-state index in [1.165, 1.54) is 17.4 Å². The summed E-state index contributed by atoms with van der Waals surface area (Å²) in [5.74, 6) is -1.49. The van der Waals surface area contributed by atoms with Gasteiger partial charge in [-0.2, -0.15) is 0 Å². The third kappa shape index (κ3) is 4.20. The first kappa shape index (κ1) is 17.9. The summed E-state index contributed by atoms with van der Waals surface area (Å²) in [4.78, 5) is 24.4. The lowest BCUT2D eigenvalue weighted by molar-refractivity contribution is -0.111. The Bertz CT molecular complexity index is 962. The predicted octanol–water partition coefficient (Wildman–Crippen LogP) is 5.42. The Morgan fingerprint density at radius 2 is 1.73 bits per heavy atom. The van der Waals surface area contributed by atoms with Crippen LogP contribution in [0.2, 0.25) is 5.02 Å². The molecule has 2 aromatic carbocycles. The number of benzene rings is 2. The third-order valence-corrected chi connectivity index (χ3v) is 4.88. The van der Waals surface area contributed by atoms with Gasteiger partial charge in [0, 0.05) is 16.5 Å². The van der Waals surface area contributed by atoms with E-state index in [1.54, 1.807) is 35.7 Å². The van der Waals surface area contributed by atoms with Gasteiger partial charge in [-0.3, -0.25) is 4.79 Å². The second kappa shape index (κ2) is 7.99. The fourth-order valence-electron chi connectivity index (χ4n) is 2.39. The largest absolute Gasteiger partial charge is 0.478 e. The number of carboxylic acid groups (broad SMARTS) is 1. The zero-order valence-electron chi connectivity index (χ0n) is 13.5. The Labute approximate surface area is 159 Å². The van der Waals surface area contributed by atoms with Gasteiger partial charge in [-0.25, -0.2) is 4.79 Å². The first-order valence-electron chi connectivity index (χ1n) is 7.69. The van der Waals surface area contributed by atoms with E-state index in [4.69, 9.17) is 11.6 Å².